The molecular formula is C18H26FNO. The van der Waals surface area contributed by atoms with Crippen LogP contribution in [0.25, 0.3) is 0 Å². The summed E-state index contributed by atoms with van der Waals surface area (Å²) in [6.07, 6.45) is 3.51. The van der Waals surface area contributed by atoms with Crippen LogP contribution >= 0.6 is 0 Å². The average molecular weight is 291 g/mol. The molecule has 1 aliphatic rings. The largest absolute Gasteiger partial charge is 0.296 e. The predicted molar refractivity (Wildman–Crippen MR) is 84.0 cm³/mol. The van der Waals surface area contributed by atoms with Crippen molar-refractivity contribution in [2.45, 2.75) is 40.0 Å². The fourth-order valence-electron chi connectivity index (χ4n) is 3.14. The summed E-state index contributed by atoms with van der Waals surface area (Å²) in [5.74, 6) is 0.389. The number of ketones is 1. The Morgan fingerprint density at radius 1 is 1.29 bits per heavy atom. The second-order valence-corrected chi connectivity index (χ2v) is 7.20. The van der Waals surface area contributed by atoms with Crippen LogP contribution in [0.2, 0.25) is 0 Å². The molecule has 0 aliphatic carbocycles. The van der Waals surface area contributed by atoms with E-state index in [4.69, 9.17) is 0 Å². The predicted octanol–water partition coefficient (Wildman–Crippen LogP) is 4.16. The van der Waals surface area contributed by atoms with Crippen molar-refractivity contribution in [3.05, 3.63) is 35.6 Å². The van der Waals surface area contributed by atoms with E-state index in [1.165, 1.54) is 18.6 Å². The first-order valence-electron chi connectivity index (χ1n) is 7.87. The van der Waals surface area contributed by atoms with Crippen LogP contribution in [0, 0.1) is 17.2 Å². The lowest BCUT2D eigenvalue weighted by atomic mass is 9.77. The minimum atomic E-state index is -0.343. The van der Waals surface area contributed by atoms with Gasteiger partial charge in [0.2, 0.25) is 0 Å². The third-order valence-corrected chi connectivity index (χ3v) is 4.56. The van der Waals surface area contributed by atoms with Gasteiger partial charge in [0, 0.05) is 5.56 Å². The Hall–Kier alpha value is -1.22. The monoisotopic (exact) mass is 291 g/mol. The Kier molecular flexibility index (Phi) is 5.15. The summed E-state index contributed by atoms with van der Waals surface area (Å²) in [6, 6.07) is 6.00. The Morgan fingerprint density at radius 3 is 2.71 bits per heavy atom. The molecular weight excluding hydrogens is 265 g/mol. The SMILES string of the molecule is CC(C)(C)C1CCCN(CC(=O)c2cccc(F)c2)CC1. The number of benzene rings is 1. The van der Waals surface area contributed by atoms with Crippen LogP contribution < -0.4 is 0 Å². The number of hydrogen-bond acceptors (Lipinski definition) is 2. The van der Waals surface area contributed by atoms with E-state index < -0.39 is 0 Å². The van der Waals surface area contributed by atoms with Gasteiger partial charge in [-0.1, -0.05) is 32.9 Å². The molecule has 2 rings (SSSR count). The molecule has 1 heterocycles. The minimum absolute atomic E-state index is 0.0173. The van der Waals surface area contributed by atoms with E-state index in [0.29, 0.717) is 23.4 Å². The maximum atomic E-state index is 13.2. The molecule has 0 bridgehead atoms. The molecule has 0 radical (unpaired) electrons. The van der Waals surface area contributed by atoms with Gasteiger partial charge in [0.25, 0.3) is 0 Å². The molecule has 1 aliphatic heterocycles. The van der Waals surface area contributed by atoms with Crippen LogP contribution in [-0.4, -0.2) is 30.3 Å². The van der Waals surface area contributed by atoms with Crippen molar-refractivity contribution in [3.63, 3.8) is 0 Å². The van der Waals surface area contributed by atoms with Crippen molar-refractivity contribution in [1.82, 2.24) is 4.90 Å². The highest BCUT2D eigenvalue weighted by Gasteiger charge is 2.27. The second-order valence-electron chi connectivity index (χ2n) is 7.20. The zero-order valence-corrected chi connectivity index (χ0v) is 13.4. The first kappa shape index (κ1) is 16.2. The first-order chi connectivity index (χ1) is 9.86. The van der Waals surface area contributed by atoms with E-state index in [0.717, 1.165) is 25.9 Å². The first-order valence-corrected chi connectivity index (χ1v) is 7.87. The smallest absolute Gasteiger partial charge is 0.176 e. The van der Waals surface area contributed by atoms with Gasteiger partial charge in [0.1, 0.15) is 5.82 Å². The van der Waals surface area contributed by atoms with Crippen molar-refractivity contribution in [2.24, 2.45) is 11.3 Å². The molecule has 1 saturated heterocycles. The van der Waals surface area contributed by atoms with Crippen LogP contribution in [0.4, 0.5) is 4.39 Å². The van der Waals surface area contributed by atoms with E-state index in [9.17, 15) is 9.18 Å². The van der Waals surface area contributed by atoms with Crippen molar-refractivity contribution in [2.75, 3.05) is 19.6 Å². The Labute approximate surface area is 127 Å². The Bertz CT molecular complexity index is 492. The molecule has 0 spiro atoms. The van der Waals surface area contributed by atoms with Crippen LogP contribution in [0.3, 0.4) is 0 Å². The lowest BCUT2D eigenvalue weighted by Crippen LogP contribution is -2.31. The van der Waals surface area contributed by atoms with E-state index in [2.05, 4.69) is 25.7 Å². The highest BCUT2D eigenvalue weighted by molar-refractivity contribution is 5.97. The molecule has 1 aromatic rings. The van der Waals surface area contributed by atoms with Gasteiger partial charge in [-0.15, -0.1) is 0 Å². The van der Waals surface area contributed by atoms with Gasteiger partial charge in [-0.2, -0.15) is 0 Å². The maximum absolute atomic E-state index is 13.2. The number of likely N-dealkylation sites (tertiary alicyclic amines) is 1. The van der Waals surface area contributed by atoms with E-state index in [1.54, 1.807) is 12.1 Å². The third-order valence-electron chi connectivity index (χ3n) is 4.56. The third kappa shape index (κ3) is 4.63. The second kappa shape index (κ2) is 6.69. The Balaban J connectivity index is 1.93. The van der Waals surface area contributed by atoms with E-state index in [1.807, 2.05) is 0 Å². The minimum Gasteiger partial charge on any atom is -0.296 e. The van der Waals surface area contributed by atoms with E-state index in [-0.39, 0.29) is 11.6 Å². The van der Waals surface area contributed by atoms with Crippen molar-refractivity contribution < 1.29 is 9.18 Å². The highest BCUT2D eigenvalue weighted by Crippen LogP contribution is 2.34. The Morgan fingerprint density at radius 2 is 2.05 bits per heavy atom. The summed E-state index contributed by atoms with van der Waals surface area (Å²) in [4.78, 5) is 14.5. The fraction of sp³-hybridized carbons (Fsp3) is 0.611. The van der Waals surface area contributed by atoms with Gasteiger partial charge in [0.05, 0.1) is 6.54 Å². The summed E-state index contributed by atoms with van der Waals surface area (Å²) in [7, 11) is 0. The number of Topliss-reactive ketones (excluding diaryl/α,β-unsaturated/α-hetero) is 1. The number of hydrogen-bond donors (Lipinski definition) is 0. The van der Waals surface area contributed by atoms with Gasteiger partial charge < -0.3 is 0 Å². The normalized spacial score (nSPS) is 21.0. The quantitative estimate of drug-likeness (QED) is 0.780. The van der Waals surface area contributed by atoms with Crippen molar-refractivity contribution >= 4 is 5.78 Å². The summed E-state index contributed by atoms with van der Waals surface area (Å²) >= 11 is 0. The molecule has 21 heavy (non-hydrogen) atoms. The maximum Gasteiger partial charge on any atom is 0.176 e. The number of nitrogens with zero attached hydrogens (tertiary/aromatic N) is 1. The molecule has 0 aromatic heterocycles. The van der Waals surface area contributed by atoms with Crippen LogP contribution in [0.5, 0.6) is 0 Å². The number of carbonyl (C=O) groups excluding carboxylic acids is 1. The van der Waals surface area contributed by atoms with Gasteiger partial charge in [-0.05, 0) is 55.8 Å². The van der Waals surface area contributed by atoms with Gasteiger partial charge in [0.15, 0.2) is 5.78 Å². The highest BCUT2D eigenvalue weighted by atomic mass is 19.1. The molecule has 116 valence electrons. The molecule has 0 N–H and O–H groups in total. The number of halogens is 1. The number of carbonyl (C=O) groups is 1. The van der Waals surface area contributed by atoms with Gasteiger partial charge in [-0.3, -0.25) is 9.69 Å². The molecule has 1 unspecified atom stereocenters. The van der Waals surface area contributed by atoms with E-state index >= 15 is 0 Å². The lowest BCUT2D eigenvalue weighted by Gasteiger charge is -2.29. The molecule has 0 saturated carbocycles. The van der Waals surface area contributed by atoms with Gasteiger partial charge in [-0.25, -0.2) is 4.39 Å². The standard InChI is InChI=1S/C18H26FNO/c1-18(2,3)15-7-5-10-20(11-9-15)13-17(21)14-6-4-8-16(19)12-14/h4,6,8,12,15H,5,7,9-11,13H2,1-3H3. The molecule has 2 nitrogen and oxygen atoms in total. The van der Waals surface area contributed by atoms with Crippen LogP contribution in [0.1, 0.15) is 50.4 Å². The molecule has 1 fully saturated rings. The summed E-state index contributed by atoms with van der Waals surface area (Å²) in [5, 5.41) is 0. The summed E-state index contributed by atoms with van der Waals surface area (Å²) in [6.45, 7) is 9.22. The van der Waals surface area contributed by atoms with Crippen molar-refractivity contribution in [1.29, 1.82) is 0 Å². The zero-order chi connectivity index (χ0) is 15.5. The van der Waals surface area contributed by atoms with Crippen molar-refractivity contribution in [3.8, 4) is 0 Å². The number of rotatable bonds is 3. The summed E-state index contributed by atoms with van der Waals surface area (Å²) in [5.41, 5.74) is 0.814. The summed E-state index contributed by atoms with van der Waals surface area (Å²) < 4.78 is 13.2. The molecule has 1 atom stereocenters. The molecule has 3 heteroatoms. The zero-order valence-electron chi connectivity index (χ0n) is 13.4. The van der Waals surface area contributed by atoms with Gasteiger partial charge >= 0.3 is 0 Å². The lowest BCUT2D eigenvalue weighted by molar-refractivity contribution is 0.0930. The molecule has 1 aromatic carbocycles. The fourth-order valence-corrected chi connectivity index (χ4v) is 3.14. The van der Waals surface area contributed by atoms with Crippen LogP contribution in [0.15, 0.2) is 24.3 Å². The molecule has 0 amide bonds. The average Bonchev–Trinajstić information content (AvgIpc) is 2.64. The van der Waals surface area contributed by atoms with Crippen LogP contribution in [-0.2, 0) is 0 Å². The topological polar surface area (TPSA) is 20.3 Å².